The molecule has 0 spiro atoms. The Balaban J connectivity index is 2.47. The number of ether oxygens (including phenoxy) is 2. The Morgan fingerprint density at radius 3 is 2.52 bits per heavy atom. The lowest BCUT2D eigenvalue weighted by atomic mass is 10.2. The third-order valence-corrected chi connectivity index (χ3v) is 4.46. The van der Waals surface area contributed by atoms with Crippen molar-refractivity contribution in [1.29, 1.82) is 0 Å². The lowest BCUT2D eigenvalue weighted by Gasteiger charge is -2.12. The molecule has 8 nitrogen and oxygen atoms in total. The molecule has 1 N–H and O–H groups in total. The van der Waals surface area contributed by atoms with Gasteiger partial charge >= 0.3 is 11.9 Å². The average molecular weight is 396 g/mol. The summed E-state index contributed by atoms with van der Waals surface area (Å²) < 4.78 is 9.53. The van der Waals surface area contributed by atoms with E-state index in [9.17, 15) is 19.2 Å². The molecule has 1 rings (SSSR count). The number of esters is 2. The summed E-state index contributed by atoms with van der Waals surface area (Å²) in [6, 6.07) is 6.74. The van der Waals surface area contributed by atoms with Gasteiger partial charge in [0.25, 0.3) is 5.91 Å². The molecule has 0 bridgehead atoms. The molecule has 0 saturated carbocycles. The van der Waals surface area contributed by atoms with Gasteiger partial charge in [0, 0.05) is 32.0 Å². The van der Waals surface area contributed by atoms with E-state index >= 15 is 0 Å². The molecule has 0 aliphatic carbocycles. The molecule has 0 heterocycles. The van der Waals surface area contributed by atoms with Gasteiger partial charge < -0.3 is 19.7 Å². The Hall–Kier alpha value is -2.55. The SMILES string of the molecule is COC(=O)CCCNC(=O)COC(=O)c1ccccc1SCC(=O)N(C)C. The minimum atomic E-state index is -0.639. The quantitative estimate of drug-likeness (QED) is 0.359. The first-order valence-corrected chi connectivity index (χ1v) is 9.26. The highest BCUT2D eigenvalue weighted by atomic mass is 32.2. The zero-order chi connectivity index (χ0) is 20.2. The summed E-state index contributed by atoms with van der Waals surface area (Å²) in [6.07, 6.45) is 0.637. The van der Waals surface area contributed by atoms with E-state index < -0.39 is 18.5 Å². The highest BCUT2D eigenvalue weighted by Gasteiger charge is 2.16. The van der Waals surface area contributed by atoms with Crippen molar-refractivity contribution in [2.45, 2.75) is 17.7 Å². The molecule has 1 aromatic rings. The Kier molecular flexibility index (Phi) is 9.95. The first-order valence-electron chi connectivity index (χ1n) is 8.27. The van der Waals surface area contributed by atoms with Crippen LogP contribution in [0.2, 0.25) is 0 Å². The summed E-state index contributed by atoms with van der Waals surface area (Å²) in [5.41, 5.74) is 0.299. The maximum atomic E-state index is 12.2. The fourth-order valence-electron chi connectivity index (χ4n) is 1.85. The maximum absolute atomic E-state index is 12.2. The normalized spacial score (nSPS) is 10.0. The number of rotatable bonds is 10. The number of nitrogens with zero attached hydrogens (tertiary/aromatic N) is 1. The highest BCUT2D eigenvalue weighted by Crippen LogP contribution is 2.23. The van der Waals surface area contributed by atoms with Crippen molar-refractivity contribution < 1.29 is 28.7 Å². The Labute approximate surface area is 162 Å². The Morgan fingerprint density at radius 2 is 1.85 bits per heavy atom. The average Bonchev–Trinajstić information content (AvgIpc) is 2.67. The fraction of sp³-hybridized carbons (Fsp3) is 0.444. The van der Waals surface area contributed by atoms with Gasteiger partial charge in [-0.25, -0.2) is 4.79 Å². The minimum Gasteiger partial charge on any atom is -0.469 e. The van der Waals surface area contributed by atoms with Gasteiger partial charge in [0.05, 0.1) is 18.4 Å². The summed E-state index contributed by atoms with van der Waals surface area (Å²) in [5, 5.41) is 2.56. The van der Waals surface area contributed by atoms with Gasteiger partial charge in [0.15, 0.2) is 6.61 Å². The van der Waals surface area contributed by atoms with Crippen LogP contribution in [0.25, 0.3) is 0 Å². The predicted octanol–water partition coefficient (Wildman–Crippen LogP) is 1.09. The third kappa shape index (κ3) is 8.59. The number of methoxy groups -OCH3 is 1. The van der Waals surface area contributed by atoms with Crippen molar-refractivity contribution in [3.63, 3.8) is 0 Å². The second-order valence-electron chi connectivity index (χ2n) is 5.68. The van der Waals surface area contributed by atoms with E-state index in [0.29, 0.717) is 16.9 Å². The lowest BCUT2D eigenvalue weighted by molar-refractivity contribution is -0.140. The van der Waals surface area contributed by atoms with Gasteiger partial charge in [-0.2, -0.15) is 0 Å². The van der Waals surface area contributed by atoms with E-state index in [0.717, 1.165) is 0 Å². The number of benzene rings is 1. The molecule has 0 radical (unpaired) electrons. The number of hydrogen-bond acceptors (Lipinski definition) is 7. The van der Waals surface area contributed by atoms with Crippen molar-refractivity contribution in [3.8, 4) is 0 Å². The van der Waals surface area contributed by atoms with Gasteiger partial charge in [-0.3, -0.25) is 14.4 Å². The molecule has 0 atom stereocenters. The van der Waals surface area contributed by atoms with Crippen molar-refractivity contribution in [2.75, 3.05) is 40.1 Å². The van der Waals surface area contributed by atoms with Crippen LogP contribution < -0.4 is 5.32 Å². The molecule has 9 heteroatoms. The van der Waals surface area contributed by atoms with Gasteiger partial charge in [-0.15, -0.1) is 11.8 Å². The summed E-state index contributed by atoms with van der Waals surface area (Å²) in [6.45, 7) is -0.142. The summed E-state index contributed by atoms with van der Waals surface area (Å²) in [7, 11) is 4.62. The minimum absolute atomic E-state index is 0.0745. The van der Waals surface area contributed by atoms with E-state index in [1.807, 2.05) is 0 Å². The van der Waals surface area contributed by atoms with E-state index in [1.54, 1.807) is 38.4 Å². The molecule has 1 aromatic carbocycles. The summed E-state index contributed by atoms with van der Waals surface area (Å²) >= 11 is 1.23. The van der Waals surface area contributed by atoms with E-state index in [1.165, 1.54) is 23.8 Å². The third-order valence-electron chi connectivity index (χ3n) is 3.40. The van der Waals surface area contributed by atoms with Crippen LogP contribution in [-0.2, 0) is 23.9 Å². The largest absolute Gasteiger partial charge is 0.469 e. The van der Waals surface area contributed by atoms with Crippen LogP contribution in [0, 0.1) is 0 Å². The molecule has 148 valence electrons. The van der Waals surface area contributed by atoms with Gasteiger partial charge in [-0.1, -0.05) is 12.1 Å². The molecule has 0 aliphatic heterocycles. The molecule has 0 aliphatic rings. The highest BCUT2D eigenvalue weighted by molar-refractivity contribution is 8.00. The van der Waals surface area contributed by atoms with Gasteiger partial charge in [0.1, 0.15) is 0 Å². The molecule has 0 fully saturated rings. The number of amides is 2. The first-order chi connectivity index (χ1) is 12.8. The van der Waals surface area contributed by atoms with Crippen LogP contribution in [0.4, 0.5) is 0 Å². The van der Waals surface area contributed by atoms with Crippen LogP contribution in [0.15, 0.2) is 29.2 Å². The van der Waals surface area contributed by atoms with Crippen molar-refractivity contribution in [3.05, 3.63) is 29.8 Å². The second-order valence-corrected chi connectivity index (χ2v) is 6.70. The van der Waals surface area contributed by atoms with Crippen LogP contribution in [0.1, 0.15) is 23.2 Å². The van der Waals surface area contributed by atoms with Crippen molar-refractivity contribution in [2.24, 2.45) is 0 Å². The summed E-state index contributed by atoms with van der Waals surface area (Å²) in [5.74, 6) is -1.33. The molecule has 0 aromatic heterocycles. The Bertz CT molecular complexity index is 678. The lowest BCUT2D eigenvalue weighted by Crippen LogP contribution is -2.30. The van der Waals surface area contributed by atoms with Crippen LogP contribution in [0.5, 0.6) is 0 Å². The van der Waals surface area contributed by atoms with Crippen LogP contribution in [-0.4, -0.2) is 68.8 Å². The number of thioether (sulfide) groups is 1. The molecule has 27 heavy (non-hydrogen) atoms. The number of hydrogen-bond donors (Lipinski definition) is 1. The second kappa shape index (κ2) is 11.9. The van der Waals surface area contributed by atoms with Crippen molar-refractivity contribution >= 4 is 35.5 Å². The number of carbonyl (C=O) groups is 4. The van der Waals surface area contributed by atoms with E-state index in [2.05, 4.69) is 10.1 Å². The molecule has 2 amide bonds. The van der Waals surface area contributed by atoms with E-state index in [4.69, 9.17) is 4.74 Å². The topological polar surface area (TPSA) is 102 Å². The zero-order valence-electron chi connectivity index (χ0n) is 15.6. The standard InChI is InChI=1S/C18H24N2O6S/c1-20(2)16(22)12-27-14-8-5-4-7-13(14)18(24)26-11-15(21)19-10-6-9-17(23)25-3/h4-5,7-8H,6,9-12H2,1-3H3,(H,19,21). The van der Waals surface area contributed by atoms with Gasteiger partial charge in [0.2, 0.25) is 5.91 Å². The fourth-order valence-corrected chi connectivity index (χ4v) is 2.87. The smallest absolute Gasteiger partial charge is 0.339 e. The Morgan fingerprint density at radius 1 is 1.15 bits per heavy atom. The van der Waals surface area contributed by atoms with Crippen LogP contribution >= 0.6 is 11.8 Å². The molecular formula is C18H24N2O6S. The zero-order valence-corrected chi connectivity index (χ0v) is 16.5. The molecular weight excluding hydrogens is 372 g/mol. The monoisotopic (exact) mass is 396 g/mol. The molecule has 0 unspecified atom stereocenters. The maximum Gasteiger partial charge on any atom is 0.339 e. The van der Waals surface area contributed by atoms with Crippen LogP contribution in [0.3, 0.4) is 0 Å². The number of carbonyl (C=O) groups excluding carboxylic acids is 4. The molecule has 0 saturated heterocycles. The first kappa shape index (κ1) is 22.5. The predicted molar refractivity (Wildman–Crippen MR) is 100 cm³/mol. The summed E-state index contributed by atoms with van der Waals surface area (Å²) in [4.78, 5) is 48.7. The van der Waals surface area contributed by atoms with Crippen molar-refractivity contribution in [1.82, 2.24) is 10.2 Å². The number of nitrogens with one attached hydrogen (secondary N) is 1. The van der Waals surface area contributed by atoms with E-state index in [-0.39, 0.29) is 30.6 Å². The van der Waals surface area contributed by atoms with Gasteiger partial charge in [-0.05, 0) is 18.6 Å².